The molecule has 2 heterocycles. The van der Waals surface area contributed by atoms with Crippen LogP contribution in [0.2, 0.25) is 0 Å². The highest BCUT2D eigenvalue weighted by molar-refractivity contribution is 5.91. The number of aliphatic hydroxyl groups is 1. The Labute approximate surface area is 188 Å². The number of rotatable bonds is 3. The summed E-state index contributed by atoms with van der Waals surface area (Å²) in [7, 11) is 1.00. The van der Waals surface area contributed by atoms with Crippen molar-refractivity contribution in [3.05, 3.63) is 61.7 Å². The van der Waals surface area contributed by atoms with Crippen molar-refractivity contribution in [3.8, 4) is 11.4 Å². The van der Waals surface area contributed by atoms with Crippen molar-refractivity contribution in [1.82, 2.24) is 9.97 Å². The number of aliphatic hydroxyl groups excluding tert-OH is 1. The normalized spacial score (nSPS) is 12.9. The Morgan fingerprint density at radius 2 is 1.66 bits per heavy atom. The minimum absolute atomic E-state index is 0.230. The standard InChI is InChI=1S/C23H23FN2O2.C2H6.CH4O/c1-11(10-27)17-8-20(26-23(28)14(17)4)22-13(3)16-7-5-6-15-12(2)18(24)9-19(25-22)21(15)16;2*1-2/h8-11H,5-7H2,1-4H3,(H,26,28);1-2H3;2H,1H3/t11-;;/m0../s1. The molecule has 0 bridgehead atoms. The fourth-order valence-corrected chi connectivity index (χ4v) is 4.40. The van der Waals surface area contributed by atoms with Gasteiger partial charge in [-0.1, -0.05) is 20.8 Å². The predicted molar refractivity (Wildman–Crippen MR) is 128 cm³/mol. The molecule has 1 atom stereocenters. The van der Waals surface area contributed by atoms with E-state index < -0.39 is 0 Å². The van der Waals surface area contributed by atoms with Crippen LogP contribution in [-0.4, -0.2) is 28.5 Å². The molecule has 0 radical (unpaired) electrons. The molecule has 1 aromatic carbocycles. The van der Waals surface area contributed by atoms with Gasteiger partial charge in [0, 0.05) is 30.0 Å². The van der Waals surface area contributed by atoms with Crippen LogP contribution in [0.5, 0.6) is 0 Å². The number of carbonyl (C=O) groups is 1. The smallest absolute Gasteiger partial charge is 0.251 e. The first-order chi connectivity index (χ1) is 15.3. The number of carbonyl (C=O) groups excluding carboxylic acids is 1. The van der Waals surface area contributed by atoms with Gasteiger partial charge in [0.2, 0.25) is 0 Å². The van der Waals surface area contributed by atoms with Gasteiger partial charge in [0.15, 0.2) is 0 Å². The van der Waals surface area contributed by atoms with E-state index >= 15 is 0 Å². The number of pyridine rings is 2. The van der Waals surface area contributed by atoms with Gasteiger partial charge in [0.1, 0.15) is 12.1 Å². The molecule has 0 saturated heterocycles. The first-order valence-corrected chi connectivity index (χ1v) is 11.1. The van der Waals surface area contributed by atoms with E-state index in [4.69, 9.17) is 10.1 Å². The van der Waals surface area contributed by atoms with Crippen LogP contribution in [0.25, 0.3) is 22.3 Å². The number of aldehydes is 1. The molecule has 1 aliphatic carbocycles. The Kier molecular flexibility index (Phi) is 8.44. The lowest BCUT2D eigenvalue weighted by atomic mass is 9.84. The summed E-state index contributed by atoms with van der Waals surface area (Å²) in [6, 6.07) is 3.32. The number of aromatic amines is 1. The van der Waals surface area contributed by atoms with Gasteiger partial charge < -0.3 is 14.9 Å². The average Bonchev–Trinajstić information content (AvgIpc) is 2.83. The molecule has 0 fully saturated rings. The highest BCUT2D eigenvalue weighted by Crippen LogP contribution is 2.37. The maximum atomic E-state index is 14.5. The Balaban J connectivity index is 0.000000860. The van der Waals surface area contributed by atoms with Gasteiger partial charge >= 0.3 is 0 Å². The number of H-pyrrole nitrogens is 1. The van der Waals surface area contributed by atoms with Crippen molar-refractivity contribution < 1.29 is 14.3 Å². The molecular formula is C26H33FN2O3. The van der Waals surface area contributed by atoms with E-state index in [0.717, 1.165) is 49.2 Å². The van der Waals surface area contributed by atoms with Crippen LogP contribution in [-0.2, 0) is 17.6 Å². The van der Waals surface area contributed by atoms with Crippen LogP contribution in [0, 0.1) is 26.6 Å². The maximum absolute atomic E-state index is 14.5. The average molecular weight is 441 g/mol. The van der Waals surface area contributed by atoms with E-state index in [0.29, 0.717) is 33.6 Å². The molecule has 0 amide bonds. The molecule has 2 N–H and O–H groups in total. The number of halogens is 1. The molecule has 6 heteroatoms. The van der Waals surface area contributed by atoms with Crippen LogP contribution < -0.4 is 5.56 Å². The van der Waals surface area contributed by atoms with Gasteiger partial charge in [-0.15, -0.1) is 0 Å². The molecule has 0 spiro atoms. The van der Waals surface area contributed by atoms with Gasteiger partial charge in [0.05, 0.1) is 16.9 Å². The van der Waals surface area contributed by atoms with Crippen LogP contribution in [0.1, 0.15) is 66.5 Å². The molecular weight excluding hydrogens is 407 g/mol. The highest BCUT2D eigenvalue weighted by Gasteiger charge is 2.23. The summed E-state index contributed by atoms with van der Waals surface area (Å²) in [5.41, 5.74) is 6.77. The molecule has 4 rings (SSSR count). The Bertz CT molecular complexity index is 1200. The zero-order valence-corrected chi connectivity index (χ0v) is 20.0. The van der Waals surface area contributed by atoms with E-state index in [1.165, 1.54) is 11.6 Å². The van der Waals surface area contributed by atoms with Gasteiger partial charge in [-0.25, -0.2) is 9.37 Å². The van der Waals surface area contributed by atoms with Crippen LogP contribution in [0.15, 0.2) is 16.9 Å². The quantitative estimate of drug-likeness (QED) is 0.557. The van der Waals surface area contributed by atoms with E-state index in [1.807, 2.05) is 33.8 Å². The minimum atomic E-state index is -0.383. The second-order valence-corrected chi connectivity index (χ2v) is 7.79. The number of hydrogen-bond acceptors (Lipinski definition) is 4. The Morgan fingerprint density at radius 1 is 1.06 bits per heavy atom. The van der Waals surface area contributed by atoms with E-state index in [1.54, 1.807) is 13.8 Å². The summed E-state index contributed by atoms with van der Waals surface area (Å²) in [6.45, 7) is 11.3. The second kappa shape index (κ2) is 10.6. The topological polar surface area (TPSA) is 83.1 Å². The zero-order chi connectivity index (χ0) is 24.2. The van der Waals surface area contributed by atoms with E-state index in [2.05, 4.69) is 4.98 Å². The summed E-state index contributed by atoms with van der Waals surface area (Å²) >= 11 is 0. The predicted octanol–water partition coefficient (Wildman–Crippen LogP) is 5.08. The fraction of sp³-hybridized carbons (Fsp3) is 0.423. The number of nitrogens with one attached hydrogen (secondary N) is 1. The number of aryl methyl sites for hydroxylation is 2. The number of aromatic nitrogens is 2. The lowest BCUT2D eigenvalue weighted by molar-refractivity contribution is -0.108. The van der Waals surface area contributed by atoms with Crippen LogP contribution in [0.3, 0.4) is 0 Å². The van der Waals surface area contributed by atoms with Crippen molar-refractivity contribution in [2.45, 2.75) is 66.7 Å². The largest absolute Gasteiger partial charge is 0.400 e. The van der Waals surface area contributed by atoms with Crippen molar-refractivity contribution >= 4 is 17.2 Å². The summed E-state index contributed by atoms with van der Waals surface area (Å²) in [4.78, 5) is 31.4. The van der Waals surface area contributed by atoms with E-state index in [9.17, 15) is 14.0 Å². The molecule has 1 aliphatic rings. The van der Waals surface area contributed by atoms with Gasteiger partial charge in [-0.05, 0) is 73.9 Å². The van der Waals surface area contributed by atoms with Crippen LogP contribution >= 0.6 is 0 Å². The van der Waals surface area contributed by atoms with Crippen LogP contribution in [0.4, 0.5) is 4.39 Å². The molecule has 2 aromatic heterocycles. The van der Waals surface area contributed by atoms with Crippen molar-refractivity contribution in [1.29, 1.82) is 0 Å². The zero-order valence-electron chi connectivity index (χ0n) is 20.0. The number of hydrogen-bond donors (Lipinski definition) is 2. The lowest BCUT2D eigenvalue weighted by Crippen LogP contribution is -2.16. The number of nitrogens with zero attached hydrogens (tertiary/aromatic N) is 1. The lowest BCUT2D eigenvalue weighted by Gasteiger charge is -2.23. The Hall–Kier alpha value is -2.86. The highest BCUT2D eigenvalue weighted by atomic mass is 19.1. The third kappa shape index (κ3) is 4.37. The van der Waals surface area contributed by atoms with Crippen molar-refractivity contribution in [2.75, 3.05) is 7.11 Å². The first kappa shape index (κ1) is 25.4. The van der Waals surface area contributed by atoms with E-state index in [-0.39, 0.29) is 17.3 Å². The SMILES string of the molecule is CC.CO.Cc1c(F)cc2nc(-c3cc([C@@H](C)C=O)c(C)c(=O)[nH]3)c(C)c3c2c1CCC3. The summed E-state index contributed by atoms with van der Waals surface area (Å²) in [5, 5.41) is 8.06. The third-order valence-corrected chi connectivity index (χ3v) is 6.10. The summed E-state index contributed by atoms with van der Waals surface area (Å²) in [5.74, 6) is -0.628. The minimum Gasteiger partial charge on any atom is -0.400 e. The summed E-state index contributed by atoms with van der Waals surface area (Å²) < 4.78 is 14.5. The number of benzene rings is 1. The molecule has 0 aliphatic heterocycles. The third-order valence-electron chi connectivity index (χ3n) is 6.10. The van der Waals surface area contributed by atoms with Crippen molar-refractivity contribution in [3.63, 3.8) is 0 Å². The molecule has 0 saturated carbocycles. The second-order valence-electron chi connectivity index (χ2n) is 7.79. The van der Waals surface area contributed by atoms with Gasteiger partial charge in [-0.2, -0.15) is 0 Å². The molecule has 3 aromatic rings. The summed E-state index contributed by atoms with van der Waals surface area (Å²) in [6.07, 6.45) is 3.56. The monoisotopic (exact) mass is 440 g/mol. The Morgan fingerprint density at radius 3 is 2.25 bits per heavy atom. The molecule has 32 heavy (non-hydrogen) atoms. The van der Waals surface area contributed by atoms with Gasteiger partial charge in [0.25, 0.3) is 5.56 Å². The molecule has 0 unspecified atom stereocenters. The molecule has 172 valence electrons. The van der Waals surface area contributed by atoms with Gasteiger partial charge in [-0.3, -0.25) is 4.79 Å². The first-order valence-electron chi connectivity index (χ1n) is 11.1. The maximum Gasteiger partial charge on any atom is 0.251 e. The molecule has 5 nitrogen and oxygen atoms in total. The van der Waals surface area contributed by atoms with Crippen molar-refractivity contribution in [2.24, 2.45) is 0 Å². The fourth-order valence-electron chi connectivity index (χ4n) is 4.40.